The van der Waals surface area contributed by atoms with Gasteiger partial charge in [0.2, 0.25) is 16.2 Å². The summed E-state index contributed by atoms with van der Waals surface area (Å²) < 4.78 is 25.1. The molecule has 0 saturated carbocycles. The van der Waals surface area contributed by atoms with Crippen LogP contribution in [0.3, 0.4) is 0 Å². The first-order chi connectivity index (χ1) is 4.11. The molecule has 0 saturated heterocycles. The van der Waals surface area contributed by atoms with Gasteiger partial charge in [-0.25, -0.2) is 8.42 Å². The van der Waals surface area contributed by atoms with Crippen molar-refractivity contribution >= 4 is 9.84 Å². The van der Waals surface area contributed by atoms with Crippen molar-refractivity contribution in [2.45, 2.75) is 5.22 Å². The highest BCUT2D eigenvalue weighted by Gasteiger charge is 2.12. The van der Waals surface area contributed by atoms with Crippen LogP contribution in [-0.4, -0.2) is 24.8 Å². The van der Waals surface area contributed by atoms with E-state index in [0.29, 0.717) is 0 Å². The van der Waals surface area contributed by atoms with Gasteiger partial charge < -0.3 is 4.52 Å². The molecule has 6 heteroatoms. The Morgan fingerprint density at radius 1 is 1.67 bits per heavy atom. The standard InChI is InChI=1S/C3H3N2O3S/c1-9(6,7)3-4-2-5-8-3/h1H3. The van der Waals surface area contributed by atoms with E-state index in [0.717, 1.165) is 6.26 Å². The van der Waals surface area contributed by atoms with Crippen LogP contribution in [0, 0.1) is 6.33 Å². The summed E-state index contributed by atoms with van der Waals surface area (Å²) in [5, 5.41) is 2.60. The molecule has 9 heavy (non-hydrogen) atoms. The molecule has 0 aliphatic carbocycles. The number of hydrogen-bond donors (Lipinski definition) is 0. The Bertz CT molecular complexity index is 274. The van der Waals surface area contributed by atoms with Gasteiger partial charge in [-0.3, -0.25) is 0 Å². The minimum Gasteiger partial charge on any atom is -0.321 e. The zero-order valence-corrected chi connectivity index (χ0v) is 5.34. The summed E-state index contributed by atoms with van der Waals surface area (Å²) in [6, 6.07) is 0. The minimum atomic E-state index is -3.33. The molecule has 0 aromatic carbocycles. The molecule has 0 fully saturated rings. The first kappa shape index (κ1) is 6.21. The highest BCUT2D eigenvalue weighted by atomic mass is 32.2. The Morgan fingerprint density at radius 2 is 2.33 bits per heavy atom. The minimum absolute atomic E-state index is 0.400. The smallest absolute Gasteiger partial charge is 0.321 e. The summed E-state index contributed by atoms with van der Waals surface area (Å²) >= 11 is 0. The van der Waals surface area contributed by atoms with Gasteiger partial charge in [-0.05, 0) is 0 Å². The SMILES string of the molecule is CS(=O)(=O)c1n[c]no1. The number of hydrogen-bond acceptors (Lipinski definition) is 5. The predicted molar refractivity (Wildman–Crippen MR) is 26.2 cm³/mol. The quantitative estimate of drug-likeness (QED) is 0.523. The molecular formula is C3H3N2O3S. The monoisotopic (exact) mass is 147 g/mol. The van der Waals surface area contributed by atoms with Crippen LogP contribution in [0.5, 0.6) is 0 Å². The van der Waals surface area contributed by atoms with Gasteiger partial charge in [0.15, 0.2) is 0 Å². The fourth-order valence-corrected chi connectivity index (χ4v) is 0.671. The van der Waals surface area contributed by atoms with Crippen LogP contribution in [0.4, 0.5) is 0 Å². The van der Waals surface area contributed by atoms with Gasteiger partial charge in [0, 0.05) is 6.26 Å². The number of nitrogens with zero attached hydrogens (tertiary/aromatic N) is 2. The highest BCUT2D eigenvalue weighted by molar-refractivity contribution is 7.90. The number of aromatic nitrogens is 2. The number of rotatable bonds is 1. The van der Waals surface area contributed by atoms with E-state index >= 15 is 0 Å². The topological polar surface area (TPSA) is 73.1 Å². The van der Waals surface area contributed by atoms with Crippen LogP contribution in [-0.2, 0) is 9.84 Å². The first-order valence-corrected chi connectivity index (χ1v) is 3.89. The van der Waals surface area contributed by atoms with Gasteiger partial charge in [0.25, 0.3) is 0 Å². The second-order valence-corrected chi connectivity index (χ2v) is 3.33. The van der Waals surface area contributed by atoms with Gasteiger partial charge in [-0.2, -0.15) is 4.98 Å². The first-order valence-electron chi connectivity index (χ1n) is 2.00. The van der Waals surface area contributed by atoms with Crippen molar-refractivity contribution in [1.82, 2.24) is 10.1 Å². The van der Waals surface area contributed by atoms with Crippen LogP contribution in [0.15, 0.2) is 9.75 Å². The van der Waals surface area contributed by atoms with Crippen molar-refractivity contribution in [3.63, 3.8) is 0 Å². The van der Waals surface area contributed by atoms with Crippen LogP contribution in [0.2, 0.25) is 0 Å². The number of sulfone groups is 1. The van der Waals surface area contributed by atoms with E-state index in [-0.39, 0.29) is 0 Å². The molecule has 0 amide bonds. The van der Waals surface area contributed by atoms with Crippen LogP contribution >= 0.6 is 0 Å². The average molecular weight is 147 g/mol. The van der Waals surface area contributed by atoms with E-state index in [9.17, 15) is 8.42 Å². The van der Waals surface area contributed by atoms with E-state index in [1.807, 2.05) is 6.33 Å². The van der Waals surface area contributed by atoms with Crippen molar-refractivity contribution in [1.29, 1.82) is 0 Å². The van der Waals surface area contributed by atoms with Crippen molar-refractivity contribution < 1.29 is 12.9 Å². The molecule has 0 atom stereocenters. The zero-order valence-electron chi connectivity index (χ0n) is 4.53. The van der Waals surface area contributed by atoms with Gasteiger partial charge in [0.1, 0.15) is 0 Å². The average Bonchev–Trinajstić information content (AvgIpc) is 2.08. The molecule has 0 bridgehead atoms. The predicted octanol–water partition coefficient (Wildman–Crippen LogP) is -0.727. The molecule has 0 N–H and O–H groups in total. The Kier molecular flexibility index (Phi) is 1.24. The van der Waals surface area contributed by atoms with Crippen molar-refractivity contribution in [2.75, 3.05) is 6.26 Å². The molecule has 1 aromatic rings. The second-order valence-electron chi connectivity index (χ2n) is 1.43. The Balaban J connectivity index is 3.20. The molecule has 1 rings (SSSR count). The molecule has 5 nitrogen and oxygen atoms in total. The molecule has 0 spiro atoms. The van der Waals surface area contributed by atoms with Crippen molar-refractivity contribution in [3.05, 3.63) is 6.33 Å². The lowest BCUT2D eigenvalue weighted by atomic mass is 11.3. The summed E-state index contributed by atoms with van der Waals surface area (Å²) in [5.74, 6) is 0. The third-order valence-electron chi connectivity index (χ3n) is 0.623. The van der Waals surface area contributed by atoms with Crippen molar-refractivity contribution in [2.24, 2.45) is 0 Å². The molecule has 0 aliphatic heterocycles. The Morgan fingerprint density at radius 3 is 2.56 bits per heavy atom. The Hall–Kier alpha value is -0.910. The van der Waals surface area contributed by atoms with Gasteiger partial charge in [0.05, 0.1) is 0 Å². The molecule has 0 aliphatic rings. The lowest BCUT2D eigenvalue weighted by Crippen LogP contribution is -1.95. The normalized spacial score (nSPS) is 11.7. The highest BCUT2D eigenvalue weighted by Crippen LogP contribution is 1.99. The summed E-state index contributed by atoms with van der Waals surface area (Å²) in [6.45, 7) is 0. The fraction of sp³-hybridized carbons (Fsp3) is 0.333. The van der Waals surface area contributed by atoms with Gasteiger partial charge in [-0.1, -0.05) is 5.16 Å². The summed E-state index contributed by atoms with van der Waals surface area (Å²) in [6.07, 6.45) is 2.97. The largest absolute Gasteiger partial charge is 0.343 e. The van der Waals surface area contributed by atoms with E-state index < -0.39 is 15.1 Å². The third kappa shape index (κ3) is 1.26. The van der Waals surface area contributed by atoms with Crippen LogP contribution < -0.4 is 0 Å². The van der Waals surface area contributed by atoms with E-state index in [1.165, 1.54) is 0 Å². The molecular weight excluding hydrogens is 144 g/mol. The molecule has 0 unspecified atom stereocenters. The summed E-state index contributed by atoms with van der Waals surface area (Å²) in [7, 11) is -3.33. The lowest BCUT2D eigenvalue weighted by molar-refractivity contribution is 0.329. The van der Waals surface area contributed by atoms with Crippen molar-refractivity contribution in [3.8, 4) is 0 Å². The fourth-order valence-electron chi connectivity index (χ4n) is 0.292. The summed E-state index contributed by atoms with van der Waals surface area (Å²) in [4.78, 5) is 3.20. The second kappa shape index (κ2) is 1.80. The van der Waals surface area contributed by atoms with E-state index in [1.54, 1.807) is 0 Å². The molecule has 49 valence electrons. The van der Waals surface area contributed by atoms with E-state index in [4.69, 9.17) is 0 Å². The molecule has 1 heterocycles. The maximum Gasteiger partial charge on any atom is 0.343 e. The van der Waals surface area contributed by atoms with Gasteiger partial charge >= 0.3 is 5.22 Å². The van der Waals surface area contributed by atoms with Crippen LogP contribution in [0.25, 0.3) is 0 Å². The zero-order chi connectivity index (χ0) is 6.91. The van der Waals surface area contributed by atoms with Crippen LogP contribution in [0.1, 0.15) is 0 Å². The summed E-state index contributed by atoms with van der Waals surface area (Å²) in [5.41, 5.74) is 0. The molecule has 1 aromatic heterocycles. The third-order valence-corrected chi connectivity index (χ3v) is 1.42. The lowest BCUT2D eigenvalue weighted by Gasteiger charge is -1.81. The Labute approximate surface area is 51.6 Å². The van der Waals surface area contributed by atoms with E-state index in [2.05, 4.69) is 14.7 Å². The van der Waals surface area contributed by atoms with Gasteiger partial charge in [-0.15, -0.1) is 0 Å². The maximum absolute atomic E-state index is 10.5. The molecule has 1 radical (unpaired) electrons. The maximum atomic E-state index is 10.5.